The molecular weight excluding hydrogens is 321 g/mol. The highest BCUT2D eigenvalue weighted by Crippen LogP contribution is 2.36. The molecule has 0 aliphatic carbocycles. The van der Waals surface area contributed by atoms with E-state index in [-0.39, 0.29) is 6.04 Å². The van der Waals surface area contributed by atoms with Crippen molar-refractivity contribution in [2.75, 3.05) is 18.0 Å². The summed E-state index contributed by atoms with van der Waals surface area (Å²) in [5, 5.41) is 3.35. The lowest BCUT2D eigenvalue weighted by atomic mass is 10.1. The summed E-state index contributed by atoms with van der Waals surface area (Å²) >= 11 is 3.26. The SMILES string of the molecule is CC1CN(c2ccc(C(F)(F)F)cc2Br)C(C)CN1. The van der Waals surface area contributed by atoms with Crippen LogP contribution >= 0.6 is 15.9 Å². The molecule has 0 radical (unpaired) electrons. The van der Waals surface area contributed by atoms with Crippen LogP contribution < -0.4 is 10.2 Å². The van der Waals surface area contributed by atoms with E-state index in [1.807, 2.05) is 0 Å². The molecule has 1 aromatic carbocycles. The van der Waals surface area contributed by atoms with Crippen LogP contribution in [0.4, 0.5) is 18.9 Å². The molecule has 19 heavy (non-hydrogen) atoms. The first-order valence-electron chi connectivity index (χ1n) is 6.16. The fourth-order valence-corrected chi connectivity index (χ4v) is 2.88. The summed E-state index contributed by atoms with van der Waals surface area (Å²) < 4.78 is 38.4. The van der Waals surface area contributed by atoms with Gasteiger partial charge in [0.05, 0.1) is 11.3 Å². The first-order valence-corrected chi connectivity index (χ1v) is 6.95. The Morgan fingerprint density at radius 2 is 2.00 bits per heavy atom. The summed E-state index contributed by atoms with van der Waals surface area (Å²) in [6.45, 7) is 5.74. The van der Waals surface area contributed by atoms with Gasteiger partial charge in [0.2, 0.25) is 0 Å². The highest BCUT2D eigenvalue weighted by atomic mass is 79.9. The van der Waals surface area contributed by atoms with Crippen LogP contribution in [0.25, 0.3) is 0 Å². The summed E-state index contributed by atoms with van der Waals surface area (Å²) in [5.74, 6) is 0. The Kier molecular flexibility index (Phi) is 4.11. The minimum absolute atomic E-state index is 0.254. The normalized spacial score (nSPS) is 24.6. The van der Waals surface area contributed by atoms with Gasteiger partial charge in [-0.3, -0.25) is 0 Å². The molecule has 0 bridgehead atoms. The molecule has 6 heteroatoms. The third kappa shape index (κ3) is 3.23. The molecule has 2 nitrogen and oxygen atoms in total. The van der Waals surface area contributed by atoms with E-state index in [0.29, 0.717) is 10.5 Å². The number of halogens is 4. The first-order chi connectivity index (χ1) is 8.79. The standard InChI is InChI=1S/C13H16BrF3N2/c1-8-7-19(9(2)6-18-8)12-4-3-10(5-11(12)14)13(15,16)17/h3-5,8-9,18H,6-7H2,1-2H3. The van der Waals surface area contributed by atoms with Crippen molar-refractivity contribution in [1.82, 2.24) is 5.32 Å². The number of alkyl halides is 3. The van der Waals surface area contributed by atoms with E-state index in [0.717, 1.165) is 30.9 Å². The maximum atomic E-state index is 12.6. The Morgan fingerprint density at radius 1 is 1.32 bits per heavy atom. The maximum absolute atomic E-state index is 12.6. The predicted molar refractivity (Wildman–Crippen MR) is 73.4 cm³/mol. The summed E-state index contributed by atoms with van der Waals surface area (Å²) in [4.78, 5) is 2.13. The van der Waals surface area contributed by atoms with E-state index in [1.54, 1.807) is 6.07 Å². The van der Waals surface area contributed by atoms with Crippen molar-refractivity contribution < 1.29 is 13.2 Å². The Balaban J connectivity index is 2.30. The molecule has 2 unspecified atom stereocenters. The number of hydrogen-bond donors (Lipinski definition) is 1. The lowest BCUT2D eigenvalue weighted by Crippen LogP contribution is -2.54. The number of hydrogen-bond acceptors (Lipinski definition) is 2. The zero-order chi connectivity index (χ0) is 14.2. The molecule has 106 valence electrons. The van der Waals surface area contributed by atoms with Gasteiger partial charge in [0.15, 0.2) is 0 Å². The van der Waals surface area contributed by atoms with Crippen LogP contribution in [-0.2, 0) is 6.18 Å². The molecule has 1 aliphatic heterocycles. The van der Waals surface area contributed by atoms with Crippen LogP contribution in [-0.4, -0.2) is 25.2 Å². The van der Waals surface area contributed by atoms with Gasteiger partial charge in [-0.25, -0.2) is 0 Å². The summed E-state index contributed by atoms with van der Waals surface area (Å²) in [6.07, 6.45) is -4.30. The Morgan fingerprint density at radius 3 is 2.58 bits per heavy atom. The lowest BCUT2D eigenvalue weighted by molar-refractivity contribution is -0.137. The molecule has 0 saturated carbocycles. The van der Waals surface area contributed by atoms with Crippen molar-refractivity contribution in [3.63, 3.8) is 0 Å². The van der Waals surface area contributed by atoms with Crippen molar-refractivity contribution in [3.05, 3.63) is 28.2 Å². The summed E-state index contributed by atoms with van der Waals surface area (Å²) in [6, 6.07) is 4.41. The number of rotatable bonds is 1. The van der Waals surface area contributed by atoms with E-state index in [9.17, 15) is 13.2 Å². The summed E-state index contributed by atoms with van der Waals surface area (Å²) in [5.41, 5.74) is 0.188. The largest absolute Gasteiger partial charge is 0.416 e. The van der Waals surface area contributed by atoms with Crippen molar-refractivity contribution in [3.8, 4) is 0 Å². The summed E-state index contributed by atoms with van der Waals surface area (Å²) in [7, 11) is 0. The number of nitrogens with one attached hydrogen (secondary N) is 1. The van der Waals surface area contributed by atoms with Gasteiger partial charge in [-0.2, -0.15) is 13.2 Å². The van der Waals surface area contributed by atoms with Crippen LogP contribution in [0.2, 0.25) is 0 Å². The molecule has 1 saturated heterocycles. The molecule has 1 aliphatic rings. The van der Waals surface area contributed by atoms with Gasteiger partial charge in [0.1, 0.15) is 0 Å². The van der Waals surface area contributed by atoms with E-state index in [4.69, 9.17) is 0 Å². The van der Waals surface area contributed by atoms with E-state index >= 15 is 0 Å². The fourth-order valence-electron chi connectivity index (χ4n) is 2.27. The quantitative estimate of drug-likeness (QED) is 0.842. The smallest absolute Gasteiger partial charge is 0.365 e. The molecule has 1 heterocycles. The number of nitrogens with zero attached hydrogens (tertiary/aromatic N) is 1. The van der Waals surface area contributed by atoms with Crippen LogP contribution in [0, 0.1) is 0 Å². The van der Waals surface area contributed by atoms with Crippen molar-refractivity contribution in [2.24, 2.45) is 0 Å². The second kappa shape index (κ2) is 5.32. The van der Waals surface area contributed by atoms with Crippen molar-refractivity contribution in [2.45, 2.75) is 32.1 Å². The van der Waals surface area contributed by atoms with Gasteiger partial charge in [-0.05, 0) is 48.0 Å². The minimum atomic E-state index is -4.30. The zero-order valence-electron chi connectivity index (χ0n) is 10.8. The predicted octanol–water partition coefficient (Wildman–Crippen LogP) is 3.65. The molecule has 0 amide bonds. The van der Waals surface area contributed by atoms with E-state index in [2.05, 4.69) is 40.0 Å². The highest BCUT2D eigenvalue weighted by Gasteiger charge is 2.32. The molecule has 1 aromatic rings. The van der Waals surface area contributed by atoms with Gasteiger partial charge in [0, 0.05) is 29.6 Å². The molecule has 2 rings (SSSR count). The third-order valence-corrected chi connectivity index (χ3v) is 3.98. The van der Waals surface area contributed by atoms with Gasteiger partial charge in [-0.1, -0.05) is 0 Å². The van der Waals surface area contributed by atoms with Crippen LogP contribution in [0.1, 0.15) is 19.4 Å². The average Bonchev–Trinajstić information content (AvgIpc) is 2.31. The molecule has 2 atom stereocenters. The fraction of sp³-hybridized carbons (Fsp3) is 0.538. The molecule has 0 aromatic heterocycles. The lowest BCUT2D eigenvalue weighted by Gasteiger charge is -2.39. The molecule has 1 fully saturated rings. The topological polar surface area (TPSA) is 15.3 Å². The van der Waals surface area contributed by atoms with Crippen LogP contribution in [0.15, 0.2) is 22.7 Å². The first kappa shape index (κ1) is 14.7. The van der Waals surface area contributed by atoms with Crippen LogP contribution in [0.3, 0.4) is 0 Å². The van der Waals surface area contributed by atoms with Crippen molar-refractivity contribution >= 4 is 21.6 Å². The zero-order valence-corrected chi connectivity index (χ0v) is 12.3. The average molecular weight is 337 g/mol. The third-order valence-electron chi connectivity index (χ3n) is 3.35. The van der Waals surface area contributed by atoms with Crippen LogP contribution in [0.5, 0.6) is 0 Å². The Hall–Kier alpha value is -0.750. The number of anilines is 1. The Labute approximate surface area is 119 Å². The molecular formula is C13H16BrF3N2. The van der Waals surface area contributed by atoms with E-state index < -0.39 is 11.7 Å². The maximum Gasteiger partial charge on any atom is 0.416 e. The second-order valence-corrected chi connectivity index (χ2v) is 5.83. The molecule has 0 spiro atoms. The monoisotopic (exact) mass is 336 g/mol. The highest BCUT2D eigenvalue weighted by molar-refractivity contribution is 9.10. The van der Waals surface area contributed by atoms with Crippen molar-refractivity contribution in [1.29, 1.82) is 0 Å². The van der Waals surface area contributed by atoms with Gasteiger partial charge < -0.3 is 10.2 Å². The van der Waals surface area contributed by atoms with Gasteiger partial charge in [-0.15, -0.1) is 0 Å². The second-order valence-electron chi connectivity index (χ2n) is 4.97. The minimum Gasteiger partial charge on any atom is -0.365 e. The van der Waals surface area contributed by atoms with Gasteiger partial charge in [0.25, 0.3) is 0 Å². The van der Waals surface area contributed by atoms with E-state index in [1.165, 1.54) is 0 Å². The number of benzene rings is 1. The molecule has 1 N–H and O–H groups in total. The van der Waals surface area contributed by atoms with Gasteiger partial charge >= 0.3 is 6.18 Å². The number of piperazine rings is 1. The Bertz CT molecular complexity index is 462.